The zero-order valence-corrected chi connectivity index (χ0v) is 4.77. The van der Waals surface area contributed by atoms with Crippen molar-refractivity contribution in [3.05, 3.63) is 0 Å². The monoisotopic (exact) mass is 148 g/mol. The highest BCUT2D eigenvalue weighted by Crippen LogP contribution is 2.03. The third-order valence-electron chi connectivity index (χ3n) is 0.875. The Balaban J connectivity index is 2.57. The van der Waals surface area contributed by atoms with Crippen molar-refractivity contribution in [2.45, 2.75) is 12.5 Å². The highest BCUT2D eigenvalue weighted by Gasteiger charge is 2.27. The fourth-order valence-electron chi connectivity index (χ4n) is 0.419. The first-order chi connectivity index (χ1) is 4.70. The van der Waals surface area contributed by atoms with Crippen LogP contribution in [-0.2, 0) is 24.4 Å². The van der Waals surface area contributed by atoms with E-state index >= 15 is 0 Å². The maximum absolute atomic E-state index is 10.3. The molecule has 1 aliphatic rings. The van der Waals surface area contributed by atoms with Crippen LogP contribution in [0, 0.1) is 0 Å². The van der Waals surface area contributed by atoms with Crippen molar-refractivity contribution < 1.29 is 29.5 Å². The number of carbonyl (C=O) groups excluding carboxylic acids is 2. The standard InChI is InChI=1S/C4H4O6/c5-2-1-3(6)8-10-9-4(2)7/h2,5H,1H2. The Kier molecular flexibility index (Phi) is 1.83. The van der Waals surface area contributed by atoms with Gasteiger partial charge in [0.2, 0.25) is 0 Å². The van der Waals surface area contributed by atoms with Crippen molar-refractivity contribution in [1.29, 1.82) is 0 Å². The summed E-state index contributed by atoms with van der Waals surface area (Å²) >= 11 is 0. The van der Waals surface area contributed by atoms with Crippen molar-refractivity contribution in [3.8, 4) is 0 Å². The molecular weight excluding hydrogens is 144 g/mol. The summed E-state index contributed by atoms with van der Waals surface area (Å²) in [6, 6.07) is 0. The second-order valence-electron chi connectivity index (χ2n) is 1.65. The second-order valence-corrected chi connectivity index (χ2v) is 1.65. The SMILES string of the molecule is O=C1CC(O)C(=O)OOO1. The third-order valence-corrected chi connectivity index (χ3v) is 0.875. The summed E-state index contributed by atoms with van der Waals surface area (Å²) in [5, 5.41) is 12.3. The Morgan fingerprint density at radius 3 is 2.80 bits per heavy atom. The maximum Gasteiger partial charge on any atom is 0.375 e. The van der Waals surface area contributed by atoms with Crippen LogP contribution in [0.4, 0.5) is 0 Å². The van der Waals surface area contributed by atoms with Crippen LogP contribution in [-0.4, -0.2) is 23.1 Å². The summed E-state index contributed by atoms with van der Waals surface area (Å²) in [6.45, 7) is 0. The molecule has 0 saturated carbocycles. The minimum atomic E-state index is -1.49. The van der Waals surface area contributed by atoms with Gasteiger partial charge in [-0.1, -0.05) is 0 Å². The topological polar surface area (TPSA) is 82.1 Å². The molecule has 0 aromatic rings. The van der Waals surface area contributed by atoms with Gasteiger partial charge in [-0.15, -0.1) is 0 Å². The predicted octanol–water partition coefficient (Wildman–Crippen LogP) is -1.32. The van der Waals surface area contributed by atoms with E-state index in [0.29, 0.717) is 0 Å². The summed E-state index contributed by atoms with van der Waals surface area (Å²) < 4.78 is 0. The van der Waals surface area contributed by atoms with Crippen LogP contribution in [0.1, 0.15) is 6.42 Å². The van der Waals surface area contributed by atoms with Crippen LogP contribution in [0.2, 0.25) is 0 Å². The molecule has 0 aliphatic carbocycles. The highest BCUT2D eigenvalue weighted by molar-refractivity contribution is 5.81. The lowest BCUT2D eigenvalue weighted by atomic mass is 10.3. The molecule has 1 aliphatic heterocycles. The highest BCUT2D eigenvalue weighted by atomic mass is 17.5. The predicted molar refractivity (Wildman–Crippen MR) is 23.9 cm³/mol. The minimum absolute atomic E-state index is 0.446. The van der Waals surface area contributed by atoms with Crippen LogP contribution >= 0.6 is 0 Å². The normalized spacial score (nSPS) is 26.7. The molecule has 1 heterocycles. The number of rotatable bonds is 0. The Hall–Kier alpha value is -1.14. The van der Waals surface area contributed by atoms with Gasteiger partial charge in [0, 0.05) is 5.04 Å². The van der Waals surface area contributed by atoms with Crippen molar-refractivity contribution in [2.24, 2.45) is 0 Å². The summed E-state index contributed by atoms with van der Waals surface area (Å²) in [5.41, 5.74) is 0. The van der Waals surface area contributed by atoms with Crippen molar-refractivity contribution in [1.82, 2.24) is 0 Å². The summed E-state index contributed by atoms with van der Waals surface area (Å²) in [5.74, 6) is -1.88. The van der Waals surface area contributed by atoms with Crippen LogP contribution in [0.3, 0.4) is 0 Å². The molecule has 1 unspecified atom stereocenters. The smallest absolute Gasteiger partial charge is 0.375 e. The van der Waals surface area contributed by atoms with E-state index in [2.05, 4.69) is 14.8 Å². The molecule has 6 heteroatoms. The van der Waals surface area contributed by atoms with Gasteiger partial charge >= 0.3 is 11.9 Å². The molecule has 1 N–H and O–H groups in total. The number of carbonyl (C=O) groups is 2. The van der Waals surface area contributed by atoms with Gasteiger partial charge in [0.1, 0.15) is 0 Å². The Morgan fingerprint density at radius 2 is 2.10 bits per heavy atom. The lowest BCUT2D eigenvalue weighted by Crippen LogP contribution is -2.21. The van der Waals surface area contributed by atoms with Gasteiger partial charge < -0.3 is 5.11 Å². The number of hydrogen-bond donors (Lipinski definition) is 1. The molecule has 1 atom stereocenters. The lowest BCUT2D eigenvalue weighted by Gasteiger charge is -1.95. The average molecular weight is 148 g/mol. The zero-order chi connectivity index (χ0) is 7.56. The van der Waals surface area contributed by atoms with Crippen LogP contribution in [0.5, 0.6) is 0 Å². The number of aliphatic hydroxyl groups excluding tert-OH is 1. The number of hydrogen-bond acceptors (Lipinski definition) is 6. The van der Waals surface area contributed by atoms with E-state index in [-0.39, 0.29) is 0 Å². The molecule has 0 radical (unpaired) electrons. The van der Waals surface area contributed by atoms with Crippen LogP contribution < -0.4 is 0 Å². The molecular formula is C4H4O6. The lowest BCUT2D eigenvalue weighted by molar-refractivity contribution is -0.456. The fourth-order valence-corrected chi connectivity index (χ4v) is 0.419. The van der Waals surface area contributed by atoms with Crippen molar-refractivity contribution >= 4 is 11.9 Å². The molecule has 1 fully saturated rings. The van der Waals surface area contributed by atoms with Gasteiger partial charge in [-0.2, -0.15) is 0 Å². The van der Waals surface area contributed by atoms with E-state index in [0.717, 1.165) is 0 Å². The van der Waals surface area contributed by atoms with E-state index in [1.807, 2.05) is 0 Å². The van der Waals surface area contributed by atoms with Gasteiger partial charge in [0.25, 0.3) is 0 Å². The Morgan fingerprint density at radius 1 is 1.40 bits per heavy atom. The molecule has 1 saturated heterocycles. The molecule has 0 amide bonds. The molecule has 56 valence electrons. The van der Waals surface area contributed by atoms with Crippen molar-refractivity contribution in [3.63, 3.8) is 0 Å². The molecule has 0 aromatic heterocycles. The largest absolute Gasteiger partial charge is 0.381 e. The van der Waals surface area contributed by atoms with Crippen LogP contribution in [0.25, 0.3) is 0 Å². The van der Waals surface area contributed by atoms with Crippen molar-refractivity contribution in [2.75, 3.05) is 0 Å². The first-order valence-electron chi connectivity index (χ1n) is 2.46. The molecule has 6 nitrogen and oxygen atoms in total. The molecule has 1 rings (SSSR count). The first-order valence-corrected chi connectivity index (χ1v) is 2.46. The summed E-state index contributed by atoms with van der Waals surface area (Å²) in [7, 11) is 0. The van der Waals surface area contributed by atoms with E-state index in [9.17, 15) is 9.59 Å². The molecule has 10 heavy (non-hydrogen) atoms. The Bertz CT molecular complexity index is 163. The average Bonchev–Trinajstić information content (AvgIpc) is 1.96. The quantitative estimate of drug-likeness (QED) is 0.429. The third kappa shape index (κ3) is 1.42. The van der Waals surface area contributed by atoms with Gasteiger partial charge in [0.15, 0.2) is 6.10 Å². The summed E-state index contributed by atoms with van der Waals surface area (Å²) in [6.07, 6.45) is -1.94. The van der Waals surface area contributed by atoms with E-state index in [1.54, 1.807) is 0 Å². The summed E-state index contributed by atoms with van der Waals surface area (Å²) in [4.78, 5) is 28.2. The maximum atomic E-state index is 10.3. The minimum Gasteiger partial charge on any atom is -0.381 e. The zero-order valence-electron chi connectivity index (χ0n) is 4.77. The molecule has 0 bridgehead atoms. The fraction of sp³-hybridized carbons (Fsp3) is 0.500. The van der Waals surface area contributed by atoms with E-state index < -0.39 is 24.5 Å². The van der Waals surface area contributed by atoms with Gasteiger partial charge in [-0.05, 0) is 0 Å². The number of aliphatic hydroxyl groups is 1. The second kappa shape index (κ2) is 2.63. The van der Waals surface area contributed by atoms with Gasteiger partial charge in [-0.3, -0.25) is 9.78 Å². The van der Waals surface area contributed by atoms with E-state index in [4.69, 9.17) is 5.11 Å². The van der Waals surface area contributed by atoms with Crippen LogP contribution in [0.15, 0.2) is 0 Å². The molecule has 0 spiro atoms. The first kappa shape index (κ1) is 6.97. The molecule has 0 aromatic carbocycles. The Labute approximate surface area is 55.1 Å². The van der Waals surface area contributed by atoms with Gasteiger partial charge in [0.05, 0.1) is 6.42 Å². The van der Waals surface area contributed by atoms with E-state index in [1.165, 1.54) is 0 Å². The van der Waals surface area contributed by atoms with Gasteiger partial charge in [-0.25, -0.2) is 9.59 Å².